The van der Waals surface area contributed by atoms with Crippen LogP contribution in [0, 0.1) is 0 Å². The van der Waals surface area contributed by atoms with Crippen molar-refractivity contribution in [1.29, 1.82) is 0 Å². The molecule has 0 atom stereocenters. The molecule has 1 heterocycles. The Morgan fingerprint density at radius 2 is 1.67 bits per heavy atom. The number of unbranched alkanes of at least 4 members (excludes halogenated alkanes) is 2. The average molecular weight is 519 g/mol. The predicted octanol–water partition coefficient (Wildman–Crippen LogP) is 1.34. The van der Waals surface area contributed by atoms with E-state index in [4.69, 9.17) is 0 Å². The maximum Gasteiger partial charge on any atom is 0.325 e. The Hall–Kier alpha value is -3.80. The van der Waals surface area contributed by atoms with Crippen LogP contribution in [0.2, 0.25) is 0 Å². The van der Waals surface area contributed by atoms with Crippen molar-refractivity contribution < 1.29 is 32.3 Å². The quantitative estimate of drug-likeness (QED) is 0.264. The number of methoxy groups -OCH3 is 1. The van der Waals surface area contributed by atoms with Crippen molar-refractivity contribution in [3.63, 3.8) is 0 Å². The summed E-state index contributed by atoms with van der Waals surface area (Å²) in [5.74, 6) is -2.22. The number of aromatic nitrogens is 1. The molecule has 3 N–H and O–H groups in total. The van der Waals surface area contributed by atoms with Gasteiger partial charge < -0.3 is 15.4 Å². The fourth-order valence-corrected chi connectivity index (χ4v) is 4.00. The Balaban J connectivity index is 1.90. The lowest BCUT2D eigenvalue weighted by Crippen LogP contribution is -2.32. The van der Waals surface area contributed by atoms with Crippen molar-refractivity contribution in [3.05, 3.63) is 59.4 Å². The third-order valence-corrected chi connectivity index (χ3v) is 6.43. The van der Waals surface area contributed by atoms with Crippen LogP contribution in [0.25, 0.3) is 0 Å². The first-order chi connectivity index (χ1) is 17.2. The number of hydrogen-bond acceptors (Lipinski definition) is 8. The average Bonchev–Trinajstić information content (AvgIpc) is 2.87. The Morgan fingerprint density at radius 1 is 0.944 bits per heavy atom. The van der Waals surface area contributed by atoms with Crippen molar-refractivity contribution >= 4 is 33.7 Å². The first-order valence-electron chi connectivity index (χ1n) is 11.4. The molecule has 0 bridgehead atoms. The Labute approximate surface area is 210 Å². The van der Waals surface area contributed by atoms with Gasteiger partial charge in [0.2, 0.25) is 5.91 Å². The lowest BCUT2D eigenvalue weighted by Gasteiger charge is -2.09. The van der Waals surface area contributed by atoms with Crippen molar-refractivity contribution in [1.82, 2.24) is 20.3 Å². The van der Waals surface area contributed by atoms with Crippen LogP contribution in [0.15, 0.2) is 47.5 Å². The smallest absolute Gasteiger partial charge is 0.325 e. The van der Waals surface area contributed by atoms with Gasteiger partial charge in [0, 0.05) is 19.2 Å². The van der Waals surface area contributed by atoms with Crippen LogP contribution in [0.4, 0.5) is 0 Å². The second-order valence-corrected chi connectivity index (χ2v) is 9.51. The number of ether oxygens (including phenoxy) is 1. The van der Waals surface area contributed by atoms with Crippen molar-refractivity contribution in [2.24, 2.45) is 0 Å². The zero-order chi connectivity index (χ0) is 26.6. The van der Waals surface area contributed by atoms with Gasteiger partial charge in [0.1, 0.15) is 12.2 Å². The normalized spacial score (nSPS) is 10.8. The zero-order valence-electron chi connectivity index (χ0n) is 20.2. The summed E-state index contributed by atoms with van der Waals surface area (Å²) in [6.45, 7) is 2.17. The van der Waals surface area contributed by atoms with Gasteiger partial charge in [-0.3, -0.25) is 24.2 Å². The lowest BCUT2D eigenvalue weighted by molar-refractivity contribution is -0.139. The van der Waals surface area contributed by atoms with Crippen LogP contribution in [-0.4, -0.2) is 57.3 Å². The number of rotatable bonds is 13. The Bertz CT molecular complexity index is 1160. The van der Waals surface area contributed by atoms with E-state index in [1.807, 2.05) is 4.72 Å². The molecule has 2 aromatic rings. The van der Waals surface area contributed by atoms with Gasteiger partial charge in [0.25, 0.3) is 21.8 Å². The van der Waals surface area contributed by atoms with Crippen molar-refractivity contribution in [2.45, 2.75) is 43.9 Å². The number of nitrogens with one attached hydrogen (secondary N) is 3. The number of nitrogens with zero attached hydrogens (tertiary/aromatic N) is 1. The van der Waals surface area contributed by atoms with Crippen molar-refractivity contribution in [2.75, 3.05) is 20.2 Å². The lowest BCUT2D eigenvalue weighted by atomic mass is 10.1. The second-order valence-electron chi connectivity index (χ2n) is 7.83. The summed E-state index contributed by atoms with van der Waals surface area (Å²) >= 11 is 0. The third-order valence-electron chi connectivity index (χ3n) is 5.08. The number of carbonyl (C=O) groups is 4. The maximum absolute atomic E-state index is 12.6. The van der Waals surface area contributed by atoms with Crippen LogP contribution in [-0.2, 0) is 30.8 Å². The molecule has 1 aromatic heterocycles. The van der Waals surface area contributed by atoms with Gasteiger partial charge in [-0.15, -0.1) is 0 Å². The van der Waals surface area contributed by atoms with Crippen LogP contribution < -0.4 is 15.4 Å². The first kappa shape index (κ1) is 28.4. The molecule has 0 saturated carbocycles. The van der Waals surface area contributed by atoms with E-state index in [1.54, 1.807) is 12.1 Å². The molecule has 2 rings (SSSR count). The van der Waals surface area contributed by atoms with Gasteiger partial charge in [-0.25, -0.2) is 13.1 Å². The van der Waals surface area contributed by atoms with Crippen molar-refractivity contribution in [3.8, 4) is 0 Å². The second kappa shape index (κ2) is 13.9. The van der Waals surface area contributed by atoms with E-state index < -0.39 is 27.8 Å². The van der Waals surface area contributed by atoms with E-state index in [2.05, 4.69) is 27.3 Å². The van der Waals surface area contributed by atoms with E-state index in [-0.39, 0.29) is 28.6 Å². The minimum atomic E-state index is -4.15. The molecule has 0 saturated heterocycles. The molecule has 12 heteroatoms. The SMILES string of the molecule is CCCCCC(=O)NCCc1ccc(S(=O)(=O)NC(=O)c2ccc(C(=O)NCC(=O)OC)nc2)cc1. The molecule has 0 aliphatic carbocycles. The van der Waals surface area contributed by atoms with Crippen LogP contribution in [0.5, 0.6) is 0 Å². The molecule has 0 spiro atoms. The highest BCUT2D eigenvalue weighted by Crippen LogP contribution is 2.12. The summed E-state index contributed by atoms with van der Waals surface area (Å²) < 4.78 is 31.6. The largest absolute Gasteiger partial charge is 0.468 e. The van der Waals surface area contributed by atoms with Gasteiger partial charge in [-0.2, -0.15) is 0 Å². The fourth-order valence-electron chi connectivity index (χ4n) is 3.02. The number of amides is 3. The van der Waals surface area contributed by atoms with E-state index in [0.717, 1.165) is 31.0 Å². The molecule has 0 radical (unpaired) electrons. The summed E-state index contributed by atoms with van der Waals surface area (Å²) in [5, 5.41) is 5.14. The van der Waals surface area contributed by atoms with Gasteiger partial charge in [0.15, 0.2) is 0 Å². The first-order valence-corrected chi connectivity index (χ1v) is 12.9. The highest BCUT2D eigenvalue weighted by molar-refractivity contribution is 7.90. The monoisotopic (exact) mass is 518 g/mol. The predicted molar refractivity (Wildman–Crippen MR) is 131 cm³/mol. The maximum atomic E-state index is 12.6. The molecule has 0 fully saturated rings. The van der Waals surface area contributed by atoms with Gasteiger partial charge in [-0.1, -0.05) is 31.9 Å². The number of sulfonamides is 1. The van der Waals surface area contributed by atoms with Gasteiger partial charge in [-0.05, 0) is 42.7 Å². The van der Waals surface area contributed by atoms with Gasteiger partial charge >= 0.3 is 5.97 Å². The summed E-state index contributed by atoms with van der Waals surface area (Å²) in [4.78, 5) is 50.9. The minimum Gasteiger partial charge on any atom is -0.468 e. The molecule has 36 heavy (non-hydrogen) atoms. The number of pyridine rings is 1. The Kier molecular flexibility index (Phi) is 11.0. The highest BCUT2D eigenvalue weighted by Gasteiger charge is 2.19. The molecule has 194 valence electrons. The summed E-state index contributed by atoms with van der Waals surface area (Å²) in [6.07, 6.45) is 5.00. The molecule has 11 nitrogen and oxygen atoms in total. The number of esters is 1. The fraction of sp³-hybridized carbons (Fsp3) is 0.375. The molecule has 1 aromatic carbocycles. The zero-order valence-corrected chi connectivity index (χ0v) is 21.0. The third kappa shape index (κ3) is 9.10. The topological polar surface area (TPSA) is 161 Å². The van der Waals surface area contributed by atoms with E-state index in [0.29, 0.717) is 19.4 Å². The molecule has 0 aliphatic heterocycles. The van der Waals surface area contributed by atoms with E-state index >= 15 is 0 Å². The molecule has 3 amide bonds. The number of hydrogen-bond donors (Lipinski definition) is 3. The van der Waals surface area contributed by atoms with E-state index in [9.17, 15) is 27.6 Å². The van der Waals surface area contributed by atoms with Gasteiger partial charge in [0.05, 0.1) is 17.6 Å². The molecule has 0 unspecified atom stereocenters. The summed E-state index contributed by atoms with van der Waals surface area (Å²) in [7, 11) is -2.97. The number of carbonyl (C=O) groups excluding carboxylic acids is 4. The Morgan fingerprint density at radius 3 is 2.28 bits per heavy atom. The van der Waals surface area contributed by atoms with Crippen LogP contribution in [0.3, 0.4) is 0 Å². The number of benzene rings is 1. The standard InChI is InChI=1S/C24H30N4O7S/c1-3-4-5-6-21(29)25-14-13-17-7-10-19(11-8-17)36(33,34)28-23(31)18-9-12-20(26-15-18)24(32)27-16-22(30)35-2/h7-12,15H,3-6,13-14,16H2,1-2H3,(H,25,29)(H,27,32)(H,28,31). The van der Waals surface area contributed by atoms with E-state index in [1.165, 1.54) is 31.4 Å². The minimum absolute atomic E-state index is 0.00490. The van der Waals surface area contributed by atoms with Crippen LogP contribution in [0.1, 0.15) is 59.0 Å². The summed E-state index contributed by atoms with van der Waals surface area (Å²) in [5.41, 5.74) is 0.694. The van der Waals surface area contributed by atoms with Crippen LogP contribution >= 0.6 is 0 Å². The highest BCUT2D eigenvalue weighted by atomic mass is 32.2. The molecular weight excluding hydrogens is 488 g/mol. The molecule has 0 aliphatic rings. The summed E-state index contributed by atoms with van der Waals surface area (Å²) in [6, 6.07) is 8.45. The molecular formula is C24H30N4O7S.